The summed E-state index contributed by atoms with van der Waals surface area (Å²) in [7, 11) is 1.63. The maximum Gasteiger partial charge on any atom is 0.337 e. The molecule has 0 aliphatic heterocycles. The summed E-state index contributed by atoms with van der Waals surface area (Å²) in [5.74, 6) is -1.36. The lowest BCUT2D eigenvalue weighted by Gasteiger charge is -2.15. The zero-order valence-corrected chi connectivity index (χ0v) is 11.3. The van der Waals surface area contributed by atoms with Gasteiger partial charge in [-0.15, -0.1) is 0 Å². The van der Waals surface area contributed by atoms with Crippen LogP contribution < -0.4 is 10.6 Å². The second-order valence-electron chi connectivity index (χ2n) is 4.07. The van der Waals surface area contributed by atoms with Gasteiger partial charge in [0.15, 0.2) is 0 Å². The number of benzene rings is 1. The van der Waals surface area contributed by atoms with E-state index >= 15 is 0 Å². The van der Waals surface area contributed by atoms with E-state index in [1.165, 1.54) is 17.0 Å². The SMILES string of the molecule is CCN(C)C(=O)CNC(=O)Nc1ccccc1C(=O)O. The molecule has 1 aromatic rings. The zero-order chi connectivity index (χ0) is 15.1. The van der Waals surface area contributed by atoms with Gasteiger partial charge in [0.05, 0.1) is 17.8 Å². The highest BCUT2D eigenvalue weighted by atomic mass is 16.4. The maximum atomic E-state index is 11.6. The molecule has 0 heterocycles. The van der Waals surface area contributed by atoms with Crippen LogP contribution in [0.25, 0.3) is 0 Å². The third-order valence-corrected chi connectivity index (χ3v) is 2.71. The van der Waals surface area contributed by atoms with E-state index in [1.807, 2.05) is 6.92 Å². The fraction of sp³-hybridized carbons (Fsp3) is 0.308. The normalized spacial score (nSPS) is 9.70. The van der Waals surface area contributed by atoms with Gasteiger partial charge < -0.3 is 20.6 Å². The van der Waals surface area contributed by atoms with Crippen molar-refractivity contribution in [1.29, 1.82) is 0 Å². The van der Waals surface area contributed by atoms with Crippen molar-refractivity contribution in [2.24, 2.45) is 0 Å². The standard InChI is InChI=1S/C13H17N3O4/c1-3-16(2)11(17)8-14-13(20)15-10-7-5-4-6-9(10)12(18)19/h4-7H,3,8H2,1-2H3,(H,18,19)(H2,14,15,20). The van der Waals surface area contributed by atoms with Crippen LogP contribution in [0.2, 0.25) is 0 Å². The molecular formula is C13H17N3O4. The highest BCUT2D eigenvalue weighted by molar-refractivity contribution is 6.00. The maximum absolute atomic E-state index is 11.6. The Kier molecular flexibility index (Phi) is 5.52. The Morgan fingerprint density at radius 2 is 1.90 bits per heavy atom. The number of carbonyl (C=O) groups excluding carboxylic acids is 2. The van der Waals surface area contributed by atoms with Crippen LogP contribution in [0.15, 0.2) is 24.3 Å². The van der Waals surface area contributed by atoms with Crippen LogP contribution in [0, 0.1) is 0 Å². The largest absolute Gasteiger partial charge is 0.478 e. The van der Waals surface area contributed by atoms with Gasteiger partial charge in [0.2, 0.25) is 5.91 Å². The lowest BCUT2D eigenvalue weighted by Crippen LogP contribution is -2.39. The monoisotopic (exact) mass is 279 g/mol. The van der Waals surface area contributed by atoms with Crippen molar-refractivity contribution >= 4 is 23.6 Å². The molecule has 7 heteroatoms. The van der Waals surface area contributed by atoms with Gasteiger partial charge in [0.1, 0.15) is 0 Å². The summed E-state index contributed by atoms with van der Waals surface area (Å²) in [5.41, 5.74) is 0.161. The van der Waals surface area contributed by atoms with E-state index in [1.54, 1.807) is 19.2 Å². The number of carbonyl (C=O) groups is 3. The molecule has 3 amide bonds. The lowest BCUT2D eigenvalue weighted by molar-refractivity contribution is -0.128. The highest BCUT2D eigenvalue weighted by Crippen LogP contribution is 2.14. The van der Waals surface area contributed by atoms with Crippen LogP contribution in [-0.2, 0) is 4.79 Å². The molecule has 0 unspecified atom stereocenters. The fourth-order valence-corrected chi connectivity index (χ4v) is 1.41. The van der Waals surface area contributed by atoms with Crippen LogP contribution >= 0.6 is 0 Å². The lowest BCUT2D eigenvalue weighted by atomic mass is 10.2. The van der Waals surface area contributed by atoms with Crippen molar-refractivity contribution < 1.29 is 19.5 Å². The Morgan fingerprint density at radius 1 is 1.25 bits per heavy atom. The van der Waals surface area contributed by atoms with Crippen molar-refractivity contribution in [3.8, 4) is 0 Å². The van der Waals surface area contributed by atoms with E-state index in [2.05, 4.69) is 10.6 Å². The first-order valence-corrected chi connectivity index (χ1v) is 6.06. The number of amides is 3. The van der Waals surface area contributed by atoms with Gasteiger partial charge >= 0.3 is 12.0 Å². The molecule has 7 nitrogen and oxygen atoms in total. The topological polar surface area (TPSA) is 98.7 Å². The minimum Gasteiger partial charge on any atom is -0.478 e. The second kappa shape index (κ2) is 7.13. The summed E-state index contributed by atoms with van der Waals surface area (Å²) in [6.07, 6.45) is 0. The van der Waals surface area contributed by atoms with E-state index in [-0.39, 0.29) is 23.7 Å². The summed E-state index contributed by atoms with van der Waals surface area (Å²) in [6.45, 7) is 2.22. The predicted molar refractivity (Wildman–Crippen MR) is 73.7 cm³/mol. The van der Waals surface area contributed by atoms with Crippen molar-refractivity contribution in [3.05, 3.63) is 29.8 Å². The summed E-state index contributed by atoms with van der Waals surface area (Å²) in [5, 5.41) is 13.7. The van der Waals surface area contributed by atoms with E-state index in [9.17, 15) is 14.4 Å². The Bertz CT molecular complexity index is 516. The molecule has 1 rings (SSSR count). The number of anilines is 1. The Balaban J connectivity index is 2.59. The first-order chi connectivity index (χ1) is 9.45. The Morgan fingerprint density at radius 3 is 2.50 bits per heavy atom. The second-order valence-corrected chi connectivity index (χ2v) is 4.07. The average Bonchev–Trinajstić information content (AvgIpc) is 2.44. The number of para-hydroxylation sites is 1. The molecule has 0 fully saturated rings. The highest BCUT2D eigenvalue weighted by Gasteiger charge is 2.13. The number of likely N-dealkylation sites (N-methyl/N-ethyl adjacent to an activating group) is 1. The van der Waals surface area contributed by atoms with Crippen LogP contribution in [0.1, 0.15) is 17.3 Å². The fourth-order valence-electron chi connectivity index (χ4n) is 1.41. The molecular weight excluding hydrogens is 262 g/mol. The molecule has 0 saturated heterocycles. The van der Waals surface area contributed by atoms with Crippen molar-refractivity contribution in [3.63, 3.8) is 0 Å². The number of nitrogens with zero attached hydrogens (tertiary/aromatic N) is 1. The number of hydrogen-bond acceptors (Lipinski definition) is 3. The van der Waals surface area contributed by atoms with Crippen LogP contribution in [0.4, 0.5) is 10.5 Å². The van der Waals surface area contributed by atoms with Gasteiger partial charge in [-0.3, -0.25) is 4.79 Å². The quantitative estimate of drug-likeness (QED) is 0.748. The van der Waals surface area contributed by atoms with Gasteiger partial charge in [-0.1, -0.05) is 12.1 Å². The molecule has 1 aromatic carbocycles. The molecule has 108 valence electrons. The predicted octanol–water partition coefficient (Wildman–Crippen LogP) is 0.985. The van der Waals surface area contributed by atoms with E-state index in [4.69, 9.17) is 5.11 Å². The number of aromatic carboxylic acids is 1. The molecule has 0 bridgehead atoms. The summed E-state index contributed by atoms with van der Waals surface area (Å²) in [6, 6.07) is 5.40. The minimum atomic E-state index is -1.14. The van der Waals surface area contributed by atoms with Gasteiger partial charge in [-0.25, -0.2) is 9.59 Å². The average molecular weight is 279 g/mol. The van der Waals surface area contributed by atoms with Gasteiger partial charge in [0.25, 0.3) is 0 Å². The van der Waals surface area contributed by atoms with E-state index < -0.39 is 12.0 Å². The molecule has 0 atom stereocenters. The van der Waals surface area contributed by atoms with E-state index in [0.29, 0.717) is 6.54 Å². The Labute approximate surface area is 116 Å². The first kappa shape index (κ1) is 15.5. The minimum absolute atomic E-state index is 0.0142. The number of rotatable bonds is 5. The number of urea groups is 1. The molecule has 0 spiro atoms. The molecule has 0 aliphatic carbocycles. The molecule has 0 aromatic heterocycles. The van der Waals surface area contributed by atoms with Crippen molar-refractivity contribution in [1.82, 2.24) is 10.2 Å². The number of carboxylic acids is 1. The summed E-state index contributed by atoms with van der Waals surface area (Å²) < 4.78 is 0. The van der Waals surface area contributed by atoms with Crippen LogP contribution in [0.5, 0.6) is 0 Å². The summed E-state index contributed by atoms with van der Waals surface area (Å²) >= 11 is 0. The molecule has 20 heavy (non-hydrogen) atoms. The third-order valence-electron chi connectivity index (χ3n) is 2.71. The molecule has 0 radical (unpaired) electrons. The van der Waals surface area contributed by atoms with Gasteiger partial charge in [-0.05, 0) is 19.1 Å². The third kappa shape index (κ3) is 4.27. The van der Waals surface area contributed by atoms with Crippen molar-refractivity contribution in [2.45, 2.75) is 6.92 Å². The molecule has 3 N–H and O–H groups in total. The van der Waals surface area contributed by atoms with Crippen LogP contribution in [-0.4, -0.2) is 48.1 Å². The van der Waals surface area contributed by atoms with Crippen molar-refractivity contribution in [2.75, 3.05) is 25.5 Å². The van der Waals surface area contributed by atoms with E-state index in [0.717, 1.165) is 0 Å². The zero-order valence-electron chi connectivity index (χ0n) is 11.3. The summed E-state index contributed by atoms with van der Waals surface area (Å²) in [4.78, 5) is 35.5. The van der Waals surface area contributed by atoms with Crippen LogP contribution in [0.3, 0.4) is 0 Å². The number of nitrogens with one attached hydrogen (secondary N) is 2. The van der Waals surface area contributed by atoms with Gasteiger partial charge in [0, 0.05) is 13.6 Å². The van der Waals surface area contributed by atoms with Gasteiger partial charge in [-0.2, -0.15) is 0 Å². The molecule has 0 aliphatic rings. The Hall–Kier alpha value is -2.57. The number of hydrogen-bond donors (Lipinski definition) is 3. The number of carboxylic acid groups (broad SMARTS) is 1. The first-order valence-electron chi connectivity index (χ1n) is 6.06. The smallest absolute Gasteiger partial charge is 0.337 e. The molecule has 0 saturated carbocycles.